The van der Waals surface area contributed by atoms with E-state index >= 15 is 0 Å². The topological polar surface area (TPSA) is 83.6 Å². The van der Waals surface area contributed by atoms with E-state index in [1.807, 2.05) is 31.2 Å². The number of carbonyl (C=O) groups excluding carboxylic acids is 1. The number of likely N-dealkylation sites (tertiary alicyclic amines) is 1. The average molecular weight is 314 g/mol. The highest BCUT2D eigenvalue weighted by Crippen LogP contribution is 2.32. The van der Waals surface area contributed by atoms with Gasteiger partial charge in [-0.3, -0.25) is 9.59 Å². The smallest absolute Gasteiger partial charge is 0.311 e. The molecule has 0 bridgehead atoms. The third-order valence-corrected chi connectivity index (χ3v) is 4.36. The summed E-state index contributed by atoms with van der Waals surface area (Å²) in [4.78, 5) is 29.6. The summed E-state index contributed by atoms with van der Waals surface area (Å²) in [6.45, 7) is 4.22. The Kier molecular flexibility index (Phi) is 3.67. The van der Waals surface area contributed by atoms with Gasteiger partial charge in [-0.15, -0.1) is 0 Å². The molecule has 0 aliphatic carbocycles. The zero-order valence-corrected chi connectivity index (χ0v) is 13.1. The number of nitrogens with zero attached hydrogens (tertiary/aromatic N) is 2. The van der Waals surface area contributed by atoms with Crippen LogP contribution in [0.1, 0.15) is 29.4 Å². The highest BCUT2D eigenvalue weighted by Gasteiger charge is 2.43. The van der Waals surface area contributed by atoms with Crippen LogP contribution in [0.25, 0.3) is 11.3 Å². The maximum atomic E-state index is 12.7. The summed E-state index contributed by atoms with van der Waals surface area (Å²) in [6.07, 6.45) is 1.68. The fraction of sp³-hybridized carbons (Fsp3) is 0.353. The van der Waals surface area contributed by atoms with Crippen LogP contribution in [-0.2, 0) is 4.79 Å². The zero-order chi connectivity index (χ0) is 16.6. The van der Waals surface area contributed by atoms with Gasteiger partial charge in [0.15, 0.2) is 17.8 Å². The van der Waals surface area contributed by atoms with Crippen molar-refractivity contribution in [2.45, 2.75) is 20.3 Å². The molecule has 1 fully saturated rings. The second kappa shape index (κ2) is 5.53. The van der Waals surface area contributed by atoms with E-state index in [1.54, 1.807) is 6.92 Å². The van der Waals surface area contributed by atoms with Crippen LogP contribution in [0.4, 0.5) is 0 Å². The number of oxazole rings is 1. The monoisotopic (exact) mass is 314 g/mol. The number of aryl methyl sites for hydroxylation is 1. The molecule has 0 unspecified atom stereocenters. The van der Waals surface area contributed by atoms with Crippen LogP contribution in [0.15, 0.2) is 35.1 Å². The molecule has 0 spiro atoms. The molecule has 120 valence electrons. The summed E-state index contributed by atoms with van der Waals surface area (Å²) in [6, 6.07) is 7.61. The predicted octanol–water partition coefficient (Wildman–Crippen LogP) is 2.59. The first kappa shape index (κ1) is 15.3. The number of carbonyl (C=O) groups is 2. The van der Waals surface area contributed by atoms with Gasteiger partial charge in [-0.25, -0.2) is 4.98 Å². The van der Waals surface area contributed by atoms with Crippen LogP contribution >= 0.6 is 0 Å². The van der Waals surface area contributed by atoms with Gasteiger partial charge in [-0.1, -0.05) is 29.8 Å². The lowest BCUT2D eigenvalue weighted by Gasteiger charge is -2.19. The first-order valence-corrected chi connectivity index (χ1v) is 7.44. The molecule has 1 aromatic heterocycles. The molecule has 1 saturated heterocycles. The molecule has 1 aliphatic heterocycles. The van der Waals surface area contributed by atoms with Crippen molar-refractivity contribution < 1.29 is 19.1 Å². The second-order valence-corrected chi connectivity index (χ2v) is 6.24. The Morgan fingerprint density at radius 1 is 1.30 bits per heavy atom. The van der Waals surface area contributed by atoms with Crippen LogP contribution in [0.5, 0.6) is 0 Å². The van der Waals surface area contributed by atoms with Crippen molar-refractivity contribution >= 4 is 11.9 Å². The van der Waals surface area contributed by atoms with Crippen LogP contribution in [-0.4, -0.2) is 40.0 Å². The minimum atomic E-state index is -0.899. The van der Waals surface area contributed by atoms with Gasteiger partial charge in [-0.2, -0.15) is 0 Å². The number of carboxylic acid groups (broad SMARTS) is 1. The number of aliphatic carboxylic acids is 1. The van der Waals surface area contributed by atoms with E-state index in [4.69, 9.17) is 4.42 Å². The number of hydrogen-bond acceptors (Lipinski definition) is 4. The second-order valence-electron chi connectivity index (χ2n) is 6.24. The molecule has 2 heterocycles. The predicted molar refractivity (Wildman–Crippen MR) is 82.9 cm³/mol. The summed E-state index contributed by atoms with van der Waals surface area (Å²) in [5.74, 6) is -0.759. The van der Waals surface area contributed by atoms with Gasteiger partial charge >= 0.3 is 5.97 Å². The lowest BCUT2D eigenvalue weighted by atomic mass is 9.90. The number of carboxylic acids is 1. The fourth-order valence-electron chi connectivity index (χ4n) is 2.77. The molecule has 6 nitrogen and oxygen atoms in total. The van der Waals surface area contributed by atoms with Crippen molar-refractivity contribution in [2.75, 3.05) is 13.1 Å². The van der Waals surface area contributed by atoms with Gasteiger partial charge in [0.25, 0.3) is 5.91 Å². The quantitative estimate of drug-likeness (QED) is 0.941. The maximum absolute atomic E-state index is 12.7. The van der Waals surface area contributed by atoms with Crippen LogP contribution in [0, 0.1) is 12.3 Å². The molecule has 1 amide bonds. The van der Waals surface area contributed by atoms with E-state index in [0.717, 1.165) is 11.1 Å². The van der Waals surface area contributed by atoms with Gasteiger partial charge in [-0.05, 0) is 20.3 Å². The van der Waals surface area contributed by atoms with Crippen molar-refractivity contribution in [3.63, 3.8) is 0 Å². The Bertz CT molecular complexity index is 750. The number of hydrogen-bond donors (Lipinski definition) is 1. The van der Waals surface area contributed by atoms with Crippen molar-refractivity contribution in [1.82, 2.24) is 9.88 Å². The number of amides is 1. The van der Waals surface area contributed by atoms with Crippen molar-refractivity contribution in [1.29, 1.82) is 0 Å². The maximum Gasteiger partial charge on any atom is 0.311 e. The molecular formula is C17H18N2O4. The zero-order valence-electron chi connectivity index (χ0n) is 13.1. The van der Waals surface area contributed by atoms with Gasteiger partial charge in [0.05, 0.1) is 5.41 Å². The molecule has 1 aromatic carbocycles. The van der Waals surface area contributed by atoms with Gasteiger partial charge < -0.3 is 14.4 Å². The number of benzene rings is 1. The Hall–Kier alpha value is -2.63. The molecule has 23 heavy (non-hydrogen) atoms. The normalized spacial score (nSPS) is 20.7. The SMILES string of the molecule is Cc1ccc(-c2ocnc2C(=O)N2CC[C@](C)(C(=O)O)C2)cc1. The van der Waals surface area contributed by atoms with Gasteiger partial charge in [0, 0.05) is 18.7 Å². The molecule has 1 atom stereocenters. The first-order valence-electron chi connectivity index (χ1n) is 7.44. The van der Waals surface area contributed by atoms with Crippen LogP contribution in [0.3, 0.4) is 0 Å². The van der Waals surface area contributed by atoms with Crippen molar-refractivity contribution in [2.24, 2.45) is 5.41 Å². The highest BCUT2D eigenvalue weighted by atomic mass is 16.4. The third-order valence-electron chi connectivity index (χ3n) is 4.36. The number of rotatable bonds is 3. The highest BCUT2D eigenvalue weighted by molar-refractivity contribution is 5.98. The summed E-state index contributed by atoms with van der Waals surface area (Å²) in [5.41, 5.74) is 1.21. The third kappa shape index (κ3) is 2.72. The summed E-state index contributed by atoms with van der Waals surface area (Å²) < 4.78 is 5.40. The van der Waals surface area contributed by atoms with E-state index in [2.05, 4.69) is 4.98 Å². The Labute approximate surface area is 133 Å². The van der Waals surface area contributed by atoms with E-state index in [0.29, 0.717) is 18.7 Å². The average Bonchev–Trinajstić information content (AvgIpc) is 3.15. The fourth-order valence-corrected chi connectivity index (χ4v) is 2.77. The summed E-state index contributed by atoms with van der Waals surface area (Å²) >= 11 is 0. The lowest BCUT2D eigenvalue weighted by molar-refractivity contribution is -0.147. The molecule has 3 rings (SSSR count). The molecule has 6 heteroatoms. The molecule has 1 aliphatic rings. The van der Waals surface area contributed by atoms with Crippen molar-refractivity contribution in [3.05, 3.63) is 41.9 Å². The Balaban J connectivity index is 1.86. The van der Waals surface area contributed by atoms with E-state index in [9.17, 15) is 14.7 Å². The lowest BCUT2D eigenvalue weighted by Crippen LogP contribution is -2.35. The largest absolute Gasteiger partial charge is 0.481 e. The Morgan fingerprint density at radius 2 is 2.00 bits per heavy atom. The van der Waals surface area contributed by atoms with Gasteiger partial charge in [0.1, 0.15) is 0 Å². The molecule has 0 saturated carbocycles. The summed E-state index contributed by atoms with van der Waals surface area (Å²) in [5, 5.41) is 9.29. The Morgan fingerprint density at radius 3 is 2.61 bits per heavy atom. The van der Waals surface area contributed by atoms with Crippen molar-refractivity contribution in [3.8, 4) is 11.3 Å². The molecular weight excluding hydrogens is 296 g/mol. The van der Waals surface area contributed by atoms with E-state index < -0.39 is 11.4 Å². The minimum absolute atomic E-state index is 0.182. The molecule has 1 N–H and O–H groups in total. The van der Waals surface area contributed by atoms with Gasteiger partial charge in [0.2, 0.25) is 0 Å². The van der Waals surface area contributed by atoms with E-state index in [-0.39, 0.29) is 18.1 Å². The standard InChI is InChI=1S/C17H18N2O4/c1-11-3-5-12(6-4-11)14-13(18-10-23-14)15(20)19-8-7-17(2,9-19)16(21)22/h3-6,10H,7-9H2,1-2H3,(H,21,22)/t17-/m0/s1. The minimum Gasteiger partial charge on any atom is -0.481 e. The molecule has 2 aromatic rings. The van der Waals surface area contributed by atoms with Crippen LogP contribution in [0.2, 0.25) is 0 Å². The van der Waals surface area contributed by atoms with E-state index in [1.165, 1.54) is 11.3 Å². The first-order chi connectivity index (χ1) is 10.9. The molecule has 0 radical (unpaired) electrons. The number of aromatic nitrogens is 1. The van der Waals surface area contributed by atoms with Crippen LogP contribution < -0.4 is 0 Å². The summed E-state index contributed by atoms with van der Waals surface area (Å²) in [7, 11) is 0.